The van der Waals surface area contributed by atoms with Crippen molar-refractivity contribution in [1.82, 2.24) is 0 Å². The van der Waals surface area contributed by atoms with Gasteiger partial charge in [-0.15, -0.1) is 0 Å². The van der Waals surface area contributed by atoms with Crippen LogP contribution in [0.2, 0.25) is 0 Å². The van der Waals surface area contributed by atoms with Crippen LogP contribution in [0.25, 0.3) is 0 Å². The van der Waals surface area contributed by atoms with Crippen LogP contribution in [-0.4, -0.2) is 17.5 Å². The first-order valence-corrected chi connectivity index (χ1v) is 10.7. The van der Waals surface area contributed by atoms with E-state index >= 15 is 0 Å². The first kappa shape index (κ1) is 29.6. The molecule has 0 rings (SSSR count). The molecule has 142 valence electrons. The van der Waals surface area contributed by atoms with Crippen molar-refractivity contribution in [3.8, 4) is 0 Å². The van der Waals surface area contributed by atoms with Gasteiger partial charge in [-0.2, -0.15) is 14.8 Å². The fourth-order valence-corrected chi connectivity index (χ4v) is 2.50. The van der Waals surface area contributed by atoms with E-state index in [4.69, 9.17) is 17.5 Å². The molecule has 0 unspecified atom stereocenters. The third-order valence-electron chi connectivity index (χ3n) is 3.78. The molecule has 0 fully saturated rings. The van der Waals surface area contributed by atoms with E-state index in [0.29, 0.717) is 0 Å². The van der Waals surface area contributed by atoms with Crippen molar-refractivity contribution in [3.05, 3.63) is 6.92 Å². The number of hydrogen-bond donors (Lipinski definition) is 2. The molecule has 0 aromatic carbocycles. The topological polar surface area (TPSA) is 74.6 Å². The number of rotatable bonds is 14. The van der Waals surface area contributed by atoms with Crippen LogP contribution >= 0.6 is 0 Å². The molecule has 24 heavy (non-hydrogen) atoms. The molecule has 0 saturated heterocycles. The minimum atomic E-state index is -4.67. The van der Waals surface area contributed by atoms with Gasteiger partial charge in [-0.05, 0) is 5.92 Å². The van der Waals surface area contributed by atoms with Crippen LogP contribution in [0.15, 0.2) is 0 Å². The first-order valence-electron chi connectivity index (χ1n) is 9.26. The zero-order valence-electron chi connectivity index (χ0n) is 16.3. The maximum atomic E-state index is 8.74. The molecule has 0 amide bonds. The molecule has 0 bridgehead atoms. The summed E-state index contributed by atoms with van der Waals surface area (Å²) in [6.07, 6.45) is 19.9. The maximum absolute atomic E-state index is 8.74. The first-order chi connectivity index (χ1) is 10.8. The van der Waals surface area contributed by atoms with Crippen LogP contribution in [0.4, 0.5) is 0 Å². The molecule has 2 N–H and O–H groups in total. The van der Waals surface area contributed by atoms with Gasteiger partial charge in [-0.3, -0.25) is 9.11 Å². The summed E-state index contributed by atoms with van der Waals surface area (Å²) in [5.74, 6) is 0.897. The van der Waals surface area contributed by atoms with E-state index in [-0.39, 0.29) is 29.6 Å². The normalized spacial score (nSPS) is 10.9. The van der Waals surface area contributed by atoms with Crippen molar-refractivity contribution in [2.75, 3.05) is 0 Å². The van der Waals surface area contributed by atoms with Crippen molar-refractivity contribution >= 4 is 10.4 Å². The average molecular weight is 375 g/mol. The zero-order chi connectivity index (χ0) is 18.0. The Labute approximate surface area is 173 Å². The summed E-state index contributed by atoms with van der Waals surface area (Å²) >= 11 is 0. The second-order valence-corrected chi connectivity index (χ2v) is 7.62. The average Bonchev–Trinajstić information content (AvgIpc) is 2.42. The molecule has 0 aliphatic heterocycles. The Morgan fingerprint density at radius 1 is 0.708 bits per heavy atom. The van der Waals surface area contributed by atoms with Crippen LogP contribution in [0.5, 0.6) is 0 Å². The van der Waals surface area contributed by atoms with E-state index in [1.807, 2.05) is 0 Å². The van der Waals surface area contributed by atoms with Gasteiger partial charge < -0.3 is 6.92 Å². The van der Waals surface area contributed by atoms with Crippen LogP contribution in [-0.2, 0) is 10.4 Å². The zero-order valence-corrected chi connectivity index (χ0v) is 19.1. The van der Waals surface area contributed by atoms with Gasteiger partial charge in [0.25, 0.3) is 0 Å². The SMILES string of the molecule is O=S(=O)(O)O.[CH2-]CCCCCCCCCCCCCCC(C)C.[Na+]. The summed E-state index contributed by atoms with van der Waals surface area (Å²) in [6.45, 7) is 8.54. The summed E-state index contributed by atoms with van der Waals surface area (Å²) in [5, 5.41) is 0. The van der Waals surface area contributed by atoms with E-state index in [1.54, 1.807) is 0 Å². The Morgan fingerprint density at radius 2 is 0.958 bits per heavy atom. The summed E-state index contributed by atoms with van der Waals surface area (Å²) in [6, 6.07) is 0. The van der Waals surface area contributed by atoms with E-state index in [1.165, 1.54) is 83.5 Å². The van der Waals surface area contributed by atoms with E-state index in [9.17, 15) is 0 Å². The van der Waals surface area contributed by atoms with Crippen molar-refractivity contribution in [2.45, 2.75) is 104 Å². The molecule has 0 aromatic rings. The van der Waals surface area contributed by atoms with Crippen LogP contribution in [0.1, 0.15) is 104 Å². The summed E-state index contributed by atoms with van der Waals surface area (Å²) in [5.41, 5.74) is 0. The van der Waals surface area contributed by atoms with Gasteiger partial charge in [-0.25, -0.2) is 0 Å². The Morgan fingerprint density at radius 3 is 1.21 bits per heavy atom. The summed E-state index contributed by atoms with van der Waals surface area (Å²) in [7, 11) is -4.67. The van der Waals surface area contributed by atoms with Gasteiger partial charge >= 0.3 is 40.0 Å². The number of hydrogen-bond acceptors (Lipinski definition) is 2. The molecular formula is C18H39NaO4S. The summed E-state index contributed by atoms with van der Waals surface area (Å²) in [4.78, 5) is 0. The predicted molar refractivity (Wildman–Crippen MR) is 99.0 cm³/mol. The molecule has 0 heterocycles. The second kappa shape index (κ2) is 21.9. The van der Waals surface area contributed by atoms with Gasteiger partial charge in [0.05, 0.1) is 0 Å². The largest absolute Gasteiger partial charge is 1.00 e. The van der Waals surface area contributed by atoms with E-state index in [2.05, 4.69) is 20.8 Å². The molecular weight excluding hydrogens is 335 g/mol. The van der Waals surface area contributed by atoms with Gasteiger partial charge in [-0.1, -0.05) is 97.3 Å². The van der Waals surface area contributed by atoms with Gasteiger partial charge in [0.1, 0.15) is 0 Å². The second-order valence-electron chi connectivity index (χ2n) is 6.73. The minimum Gasteiger partial charge on any atom is -0.343 e. The van der Waals surface area contributed by atoms with Gasteiger partial charge in [0, 0.05) is 0 Å². The maximum Gasteiger partial charge on any atom is 1.00 e. The molecule has 4 nitrogen and oxygen atoms in total. The molecule has 0 aliphatic carbocycles. The fourth-order valence-electron chi connectivity index (χ4n) is 2.50. The van der Waals surface area contributed by atoms with Gasteiger partial charge in [0.2, 0.25) is 0 Å². The smallest absolute Gasteiger partial charge is 0.343 e. The molecule has 6 heteroatoms. The van der Waals surface area contributed by atoms with E-state index < -0.39 is 10.4 Å². The quantitative estimate of drug-likeness (QED) is 0.212. The monoisotopic (exact) mass is 374 g/mol. The Kier molecular flexibility index (Phi) is 27.0. The molecule has 0 saturated carbocycles. The van der Waals surface area contributed by atoms with Crippen molar-refractivity contribution in [1.29, 1.82) is 0 Å². The molecule has 0 aliphatic rings. The fraction of sp³-hybridized carbons (Fsp3) is 0.944. The van der Waals surface area contributed by atoms with Crippen molar-refractivity contribution < 1.29 is 47.1 Å². The molecule has 0 aromatic heterocycles. The summed E-state index contributed by atoms with van der Waals surface area (Å²) < 4.78 is 31.6. The number of unbranched alkanes of at least 4 members (excludes halogenated alkanes) is 12. The predicted octanol–water partition coefficient (Wildman–Crippen LogP) is 3.29. The Balaban J connectivity index is -0.000000639. The minimum absolute atomic E-state index is 0. The van der Waals surface area contributed by atoms with Crippen LogP contribution < -0.4 is 29.6 Å². The standard InChI is InChI=1S/C18H37.Na.H2O4S/c1-4-5-6-7-8-9-10-11-12-13-14-15-16-17-18(2)3;;1-5(2,3)4/h18H,1,4-17H2,2-3H3;;(H2,1,2,3,4)/q-1;+1;. The Bertz CT molecular complexity index is 311. The Hall–Kier alpha value is 0.870. The molecule has 0 spiro atoms. The van der Waals surface area contributed by atoms with Gasteiger partial charge in [0.15, 0.2) is 0 Å². The third kappa shape index (κ3) is 43.4. The third-order valence-corrected chi connectivity index (χ3v) is 3.78. The molecule has 0 radical (unpaired) electrons. The van der Waals surface area contributed by atoms with Crippen LogP contribution in [0.3, 0.4) is 0 Å². The van der Waals surface area contributed by atoms with Crippen molar-refractivity contribution in [3.63, 3.8) is 0 Å². The molecule has 0 atom stereocenters. The van der Waals surface area contributed by atoms with Crippen LogP contribution in [0, 0.1) is 12.8 Å². The van der Waals surface area contributed by atoms with E-state index in [0.717, 1.165) is 12.3 Å². The van der Waals surface area contributed by atoms with Crippen molar-refractivity contribution in [2.24, 2.45) is 5.92 Å².